The zero-order valence-electron chi connectivity index (χ0n) is 15.3. The van der Waals surface area contributed by atoms with Gasteiger partial charge in [0.2, 0.25) is 5.79 Å². The van der Waals surface area contributed by atoms with E-state index < -0.39 is 14.3 Å². The highest BCUT2D eigenvalue weighted by Gasteiger charge is 2.39. The van der Waals surface area contributed by atoms with Crippen LogP contribution < -0.4 is 9.92 Å². The Bertz CT molecular complexity index is 528. The van der Waals surface area contributed by atoms with E-state index in [0.717, 1.165) is 22.9 Å². The first kappa shape index (κ1) is 18.5. The van der Waals surface area contributed by atoms with E-state index in [1.807, 2.05) is 26.8 Å². The van der Waals surface area contributed by atoms with Crippen molar-refractivity contribution in [3.63, 3.8) is 0 Å². The van der Waals surface area contributed by atoms with E-state index in [1.165, 1.54) is 0 Å². The molecule has 1 aromatic carbocycles. The Labute approximate surface area is 141 Å². The molecule has 2 atom stereocenters. The van der Waals surface area contributed by atoms with Gasteiger partial charge >= 0.3 is 8.56 Å². The number of ether oxygens (including phenoxy) is 2. The van der Waals surface area contributed by atoms with E-state index in [1.54, 1.807) is 0 Å². The van der Waals surface area contributed by atoms with Gasteiger partial charge in [-0.15, -0.1) is 0 Å². The molecule has 1 aromatic rings. The van der Waals surface area contributed by atoms with E-state index in [9.17, 15) is 0 Å². The first-order chi connectivity index (χ1) is 10.9. The van der Waals surface area contributed by atoms with Crippen LogP contribution in [0.25, 0.3) is 0 Å². The minimum atomic E-state index is -2.36. The molecule has 5 heteroatoms. The van der Waals surface area contributed by atoms with Crippen LogP contribution in [0.1, 0.15) is 46.6 Å². The lowest BCUT2D eigenvalue weighted by atomic mass is 9.98. The minimum Gasteiger partial charge on any atom is -0.462 e. The molecular weight excluding hydrogens is 308 g/mol. The van der Waals surface area contributed by atoms with Crippen molar-refractivity contribution in [1.82, 2.24) is 0 Å². The van der Waals surface area contributed by atoms with Crippen LogP contribution in [-0.4, -0.2) is 27.6 Å². The first-order valence-electron chi connectivity index (χ1n) is 8.62. The second kappa shape index (κ2) is 7.34. The SMILES string of the molecule is CCO[Si](C)(OCC)c1ccc2c(c1)COC(C)(C(C)CC)O2. The van der Waals surface area contributed by atoms with Crippen molar-refractivity contribution >= 4 is 13.7 Å². The van der Waals surface area contributed by atoms with Crippen LogP contribution >= 0.6 is 0 Å². The highest BCUT2D eigenvalue weighted by Crippen LogP contribution is 2.36. The van der Waals surface area contributed by atoms with Gasteiger partial charge in [-0.3, -0.25) is 0 Å². The second-order valence-electron chi connectivity index (χ2n) is 6.35. The summed E-state index contributed by atoms with van der Waals surface area (Å²) in [5.74, 6) is 0.693. The van der Waals surface area contributed by atoms with Gasteiger partial charge in [0.1, 0.15) is 5.75 Å². The average Bonchev–Trinajstić information content (AvgIpc) is 2.54. The summed E-state index contributed by atoms with van der Waals surface area (Å²) in [4.78, 5) is 0. The molecule has 0 aliphatic carbocycles. The van der Waals surface area contributed by atoms with Gasteiger partial charge in [0.05, 0.1) is 6.61 Å². The summed E-state index contributed by atoms with van der Waals surface area (Å²) in [6, 6.07) is 6.25. The maximum atomic E-state index is 6.17. The molecule has 0 saturated heterocycles. The van der Waals surface area contributed by atoms with Crippen molar-refractivity contribution in [2.24, 2.45) is 5.92 Å². The fraction of sp³-hybridized carbons (Fsp3) is 0.667. The van der Waals surface area contributed by atoms with Gasteiger partial charge in [-0.05, 0) is 44.1 Å². The number of rotatable bonds is 7. The fourth-order valence-electron chi connectivity index (χ4n) is 2.92. The maximum absolute atomic E-state index is 6.17. The van der Waals surface area contributed by atoms with Crippen molar-refractivity contribution in [1.29, 1.82) is 0 Å². The molecule has 1 heterocycles. The number of hydrogen-bond acceptors (Lipinski definition) is 4. The van der Waals surface area contributed by atoms with Crippen molar-refractivity contribution in [3.05, 3.63) is 23.8 Å². The fourth-order valence-corrected chi connectivity index (χ4v) is 5.26. The van der Waals surface area contributed by atoms with Crippen LogP contribution in [0.5, 0.6) is 5.75 Å². The summed E-state index contributed by atoms with van der Waals surface area (Å²) < 4.78 is 24.2. The van der Waals surface area contributed by atoms with E-state index in [-0.39, 0.29) is 0 Å². The molecule has 0 radical (unpaired) electrons. The third-order valence-corrected chi connectivity index (χ3v) is 7.80. The van der Waals surface area contributed by atoms with Crippen LogP contribution in [0.4, 0.5) is 0 Å². The smallest absolute Gasteiger partial charge is 0.369 e. The van der Waals surface area contributed by atoms with Gasteiger partial charge < -0.3 is 18.3 Å². The number of benzene rings is 1. The molecule has 0 N–H and O–H groups in total. The largest absolute Gasteiger partial charge is 0.462 e. The normalized spacial score (nSPS) is 22.3. The lowest BCUT2D eigenvalue weighted by Crippen LogP contribution is -2.51. The Balaban J connectivity index is 2.28. The molecule has 0 bridgehead atoms. The van der Waals surface area contributed by atoms with Crippen LogP contribution in [0, 0.1) is 5.92 Å². The lowest BCUT2D eigenvalue weighted by molar-refractivity contribution is -0.223. The molecule has 4 nitrogen and oxygen atoms in total. The Morgan fingerprint density at radius 1 is 1.22 bits per heavy atom. The lowest BCUT2D eigenvalue weighted by Gasteiger charge is -2.40. The molecule has 0 fully saturated rings. The van der Waals surface area contributed by atoms with Crippen molar-refractivity contribution in [3.8, 4) is 5.75 Å². The zero-order chi connectivity index (χ0) is 17.1. The summed E-state index contributed by atoms with van der Waals surface area (Å²) in [5.41, 5.74) is 1.07. The second-order valence-corrected chi connectivity index (χ2v) is 9.40. The highest BCUT2D eigenvalue weighted by atomic mass is 28.4. The Morgan fingerprint density at radius 2 is 1.87 bits per heavy atom. The molecule has 0 spiro atoms. The Kier molecular flexibility index (Phi) is 5.89. The predicted molar refractivity (Wildman–Crippen MR) is 94.2 cm³/mol. The van der Waals surface area contributed by atoms with E-state index >= 15 is 0 Å². The summed E-state index contributed by atoms with van der Waals surface area (Å²) in [6.07, 6.45) is 1.02. The van der Waals surface area contributed by atoms with Crippen LogP contribution in [0.3, 0.4) is 0 Å². The zero-order valence-corrected chi connectivity index (χ0v) is 16.3. The quantitative estimate of drug-likeness (QED) is 0.710. The standard InChI is InChI=1S/C18H30O4Si/c1-7-14(4)18(5)19-13-15-12-16(10-11-17(15)22-18)23(6,20-8-2)21-9-3/h10-12,14H,7-9,13H2,1-6H3. The highest BCUT2D eigenvalue weighted by molar-refractivity contribution is 6.80. The van der Waals surface area contributed by atoms with E-state index in [0.29, 0.717) is 25.7 Å². The van der Waals surface area contributed by atoms with Gasteiger partial charge in [0.15, 0.2) is 0 Å². The molecule has 130 valence electrons. The van der Waals surface area contributed by atoms with Crippen molar-refractivity contribution < 1.29 is 18.3 Å². The molecule has 1 aliphatic rings. The minimum absolute atomic E-state index is 0.335. The van der Waals surface area contributed by atoms with Gasteiger partial charge in [-0.2, -0.15) is 0 Å². The molecular formula is C18H30O4Si. The first-order valence-corrected chi connectivity index (χ1v) is 10.9. The molecule has 0 aromatic heterocycles. The molecule has 2 rings (SSSR count). The van der Waals surface area contributed by atoms with Gasteiger partial charge in [0.25, 0.3) is 0 Å². The Morgan fingerprint density at radius 3 is 2.43 bits per heavy atom. The predicted octanol–water partition coefficient (Wildman–Crippen LogP) is 3.71. The van der Waals surface area contributed by atoms with Crippen LogP contribution in [0.15, 0.2) is 18.2 Å². The van der Waals surface area contributed by atoms with Crippen molar-refractivity contribution in [2.75, 3.05) is 13.2 Å². The topological polar surface area (TPSA) is 36.9 Å². The summed E-state index contributed by atoms with van der Waals surface area (Å²) >= 11 is 0. The van der Waals surface area contributed by atoms with E-state index in [2.05, 4.69) is 32.5 Å². The van der Waals surface area contributed by atoms with Crippen molar-refractivity contribution in [2.45, 2.75) is 60.0 Å². The van der Waals surface area contributed by atoms with Gasteiger partial charge in [-0.1, -0.05) is 19.9 Å². The van der Waals surface area contributed by atoms with Crippen LogP contribution in [0.2, 0.25) is 6.55 Å². The number of hydrogen-bond donors (Lipinski definition) is 0. The molecule has 23 heavy (non-hydrogen) atoms. The maximum Gasteiger partial charge on any atom is 0.369 e. The number of fused-ring (bicyclic) bond motifs is 1. The third kappa shape index (κ3) is 3.79. The molecule has 1 aliphatic heterocycles. The summed E-state index contributed by atoms with van der Waals surface area (Å²) in [7, 11) is -2.36. The van der Waals surface area contributed by atoms with Gasteiger partial charge in [0, 0.05) is 31.6 Å². The molecule has 0 saturated carbocycles. The average molecular weight is 339 g/mol. The summed E-state index contributed by atoms with van der Waals surface area (Å²) in [5, 5.41) is 1.12. The van der Waals surface area contributed by atoms with E-state index in [4.69, 9.17) is 18.3 Å². The molecule has 2 unspecified atom stereocenters. The third-order valence-electron chi connectivity index (χ3n) is 4.76. The molecule has 0 amide bonds. The van der Waals surface area contributed by atoms with Gasteiger partial charge in [-0.25, -0.2) is 0 Å². The summed E-state index contributed by atoms with van der Waals surface area (Å²) in [6.45, 7) is 14.3. The Hall–Kier alpha value is -0.883. The monoisotopic (exact) mass is 338 g/mol. The van der Waals surface area contributed by atoms with Crippen LogP contribution in [-0.2, 0) is 20.2 Å².